The van der Waals surface area contributed by atoms with Gasteiger partial charge in [0.1, 0.15) is 11.9 Å². The van der Waals surface area contributed by atoms with Crippen molar-refractivity contribution in [2.75, 3.05) is 17.1 Å². The number of anilines is 1. The minimum absolute atomic E-state index is 0.00559. The Bertz CT molecular complexity index is 1090. The molecule has 0 saturated carbocycles. The summed E-state index contributed by atoms with van der Waals surface area (Å²) in [5.41, 5.74) is 1.83. The highest BCUT2D eigenvalue weighted by Crippen LogP contribution is 2.20. The van der Waals surface area contributed by atoms with Gasteiger partial charge in [0, 0.05) is 31.1 Å². The summed E-state index contributed by atoms with van der Waals surface area (Å²) in [4.78, 5) is 27.1. The van der Waals surface area contributed by atoms with Crippen LogP contribution in [0.5, 0.6) is 0 Å². The van der Waals surface area contributed by atoms with Crippen LogP contribution in [0.3, 0.4) is 0 Å². The first-order chi connectivity index (χ1) is 15.9. The fourth-order valence-corrected chi connectivity index (χ4v) is 4.48. The van der Waals surface area contributed by atoms with E-state index in [9.17, 15) is 22.4 Å². The van der Waals surface area contributed by atoms with E-state index in [1.807, 2.05) is 32.9 Å². The predicted octanol–water partition coefficient (Wildman–Crippen LogP) is 3.62. The van der Waals surface area contributed by atoms with E-state index in [1.165, 1.54) is 15.3 Å². The van der Waals surface area contributed by atoms with E-state index in [1.54, 1.807) is 37.3 Å². The molecule has 0 spiro atoms. The summed E-state index contributed by atoms with van der Waals surface area (Å²) in [6, 6.07) is 12.3. The summed E-state index contributed by atoms with van der Waals surface area (Å²) >= 11 is 0. The van der Waals surface area contributed by atoms with E-state index in [4.69, 9.17) is 0 Å². The molecule has 0 fully saturated rings. The molecule has 0 unspecified atom stereocenters. The van der Waals surface area contributed by atoms with Crippen LogP contribution >= 0.6 is 0 Å². The van der Waals surface area contributed by atoms with Gasteiger partial charge >= 0.3 is 0 Å². The minimum atomic E-state index is -3.55. The molecule has 186 valence electrons. The number of hydrogen-bond acceptors (Lipinski definition) is 4. The van der Waals surface area contributed by atoms with Crippen LogP contribution in [0.15, 0.2) is 48.5 Å². The fraction of sp³-hybridized carbons (Fsp3) is 0.440. The van der Waals surface area contributed by atoms with Gasteiger partial charge in [-0.25, -0.2) is 12.8 Å². The largest absolute Gasteiger partial charge is 0.352 e. The number of amides is 2. The molecule has 0 aliphatic heterocycles. The Balaban J connectivity index is 2.17. The van der Waals surface area contributed by atoms with Crippen LogP contribution < -0.4 is 9.62 Å². The number of nitrogens with one attached hydrogen (secondary N) is 1. The van der Waals surface area contributed by atoms with Crippen LogP contribution in [0.4, 0.5) is 10.1 Å². The second-order valence-electron chi connectivity index (χ2n) is 8.73. The normalized spacial score (nSPS) is 12.3. The molecule has 2 rings (SSSR count). The summed E-state index contributed by atoms with van der Waals surface area (Å²) in [6.45, 7) is 7.19. The van der Waals surface area contributed by atoms with Crippen LogP contribution in [0.2, 0.25) is 0 Å². The van der Waals surface area contributed by atoms with Gasteiger partial charge in [0.2, 0.25) is 21.8 Å². The van der Waals surface area contributed by atoms with E-state index in [-0.39, 0.29) is 43.8 Å². The maximum atomic E-state index is 14.3. The Hall–Kier alpha value is -2.94. The van der Waals surface area contributed by atoms with Crippen molar-refractivity contribution in [3.63, 3.8) is 0 Å². The third-order valence-corrected chi connectivity index (χ3v) is 6.56. The predicted molar refractivity (Wildman–Crippen MR) is 132 cm³/mol. The Kier molecular flexibility index (Phi) is 9.61. The van der Waals surface area contributed by atoms with Gasteiger partial charge in [-0.15, -0.1) is 0 Å². The van der Waals surface area contributed by atoms with Crippen molar-refractivity contribution in [3.8, 4) is 0 Å². The van der Waals surface area contributed by atoms with Gasteiger partial charge in [0.25, 0.3) is 0 Å². The van der Waals surface area contributed by atoms with Crippen molar-refractivity contribution in [2.24, 2.45) is 0 Å². The molecule has 2 aromatic rings. The zero-order chi connectivity index (χ0) is 25.5. The summed E-state index contributed by atoms with van der Waals surface area (Å²) in [6.07, 6.45) is 1.37. The third-order valence-electron chi connectivity index (χ3n) is 5.37. The summed E-state index contributed by atoms with van der Waals surface area (Å²) in [5.74, 6) is -1.15. The van der Waals surface area contributed by atoms with Gasteiger partial charge in [-0.1, -0.05) is 35.9 Å². The molecule has 0 saturated heterocycles. The molecule has 0 bridgehead atoms. The molecular weight excluding hydrogens is 457 g/mol. The monoisotopic (exact) mass is 491 g/mol. The van der Waals surface area contributed by atoms with Gasteiger partial charge in [-0.3, -0.25) is 13.9 Å². The SMILES string of the molecule is Cc1ccc(N(CCCC(=O)N(Cc2ccccc2F)[C@H](C)C(=O)NC(C)C)S(C)(=O)=O)cc1. The topological polar surface area (TPSA) is 86.8 Å². The van der Waals surface area contributed by atoms with E-state index in [2.05, 4.69) is 5.32 Å². The van der Waals surface area contributed by atoms with Crippen molar-refractivity contribution in [1.29, 1.82) is 0 Å². The van der Waals surface area contributed by atoms with Crippen molar-refractivity contribution in [3.05, 3.63) is 65.5 Å². The Labute approximate surface area is 202 Å². The summed E-state index contributed by atoms with van der Waals surface area (Å²) in [5, 5.41) is 2.78. The van der Waals surface area contributed by atoms with Gasteiger partial charge in [0.05, 0.1) is 11.9 Å². The maximum absolute atomic E-state index is 14.3. The van der Waals surface area contributed by atoms with E-state index in [0.717, 1.165) is 11.8 Å². The van der Waals surface area contributed by atoms with Crippen molar-refractivity contribution >= 4 is 27.5 Å². The fourth-order valence-electron chi connectivity index (χ4n) is 3.51. The molecular formula is C25H34FN3O4S. The van der Waals surface area contributed by atoms with Crippen LogP contribution in [-0.4, -0.2) is 50.0 Å². The number of carbonyl (C=O) groups is 2. The lowest BCUT2D eigenvalue weighted by Gasteiger charge is -2.30. The number of benzene rings is 2. The van der Waals surface area contributed by atoms with Gasteiger partial charge < -0.3 is 10.2 Å². The first-order valence-corrected chi connectivity index (χ1v) is 13.1. The number of nitrogens with zero attached hydrogens (tertiary/aromatic N) is 2. The average molecular weight is 492 g/mol. The number of carbonyl (C=O) groups excluding carboxylic acids is 2. The van der Waals surface area contributed by atoms with E-state index in [0.29, 0.717) is 11.3 Å². The lowest BCUT2D eigenvalue weighted by molar-refractivity contribution is -0.140. The molecule has 2 amide bonds. The number of halogens is 1. The van der Waals surface area contributed by atoms with Crippen LogP contribution in [-0.2, 0) is 26.2 Å². The van der Waals surface area contributed by atoms with Crippen molar-refractivity contribution in [1.82, 2.24) is 10.2 Å². The molecule has 1 N–H and O–H groups in total. The Morgan fingerprint density at radius 1 is 1.03 bits per heavy atom. The molecule has 9 heteroatoms. The smallest absolute Gasteiger partial charge is 0.242 e. The van der Waals surface area contributed by atoms with Crippen LogP contribution in [0, 0.1) is 12.7 Å². The summed E-state index contributed by atoms with van der Waals surface area (Å²) in [7, 11) is -3.55. The Morgan fingerprint density at radius 2 is 1.65 bits per heavy atom. The second kappa shape index (κ2) is 12.0. The average Bonchev–Trinajstić information content (AvgIpc) is 2.75. The number of rotatable bonds is 11. The van der Waals surface area contributed by atoms with Crippen LogP contribution in [0.25, 0.3) is 0 Å². The zero-order valence-corrected chi connectivity index (χ0v) is 21.2. The lowest BCUT2D eigenvalue weighted by atomic mass is 10.1. The van der Waals surface area contributed by atoms with E-state index >= 15 is 0 Å². The molecule has 0 aliphatic carbocycles. The Morgan fingerprint density at radius 3 is 2.21 bits per heavy atom. The molecule has 0 heterocycles. The highest BCUT2D eigenvalue weighted by molar-refractivity contribution is 7.92. The number of hydrogen-bond donors (Lipinski definition) is 1. The van der Waals surface area contributed by atoms with Crippen LogP contribution in [0.1, 0.15) is 44.7 Å². The summed E-state index contributed by atoms with van der Waals surface area (Å²) < 4.78 is 40.2. The molecule has 0 aromatic heterocycles. The van der Waals surface area contributed by atoms with Gasteiger partial charge in [-0.2, -0.15) is 0 Å². The standard InChI is InChI=1S/C25H34FN3O4S/c1-18(2)27-25(31)20(4)28(17-21-9-6-7-10-23(21)26)24(30)11-8-16-29(34(5,32)33)22-14-12-19(3)13-15-22/h6-7,9-10,12-15,18,20H,8,11,16-17H2,1-5H3,(H,27,31)/t20-/m1/s1. The molecule has 1 atom stereocenters. The van der Waals surface area contributed by atoms with Gasteiger partial charge in [-0.05, 0) is 52.3 Å². The second-order valence-corrected chi connectivity index (χ2v) is 10.6. The van der Waals surface area contributed by atoms with E-state index < -0.39 is 21.9 Å². The molecule has 0 radical (unpaired) electrons. The lowest BCUT2D eigenvalue weighted by Crippen LogP contribution is -2.49. The molecule has 7 nitrogen and oxygen atoms in total. The quantitative estimate of drug-likeness (QED) is 0.520. The first kappa shape index (κ1) is 27.3. The van der Waals surface area contributed by atoms with Gasteiger partial charge in [0.15, 0.2) is 0 Å². The minimum Gasteiger partial charge on any atom is -0.352 e. The molecule has 0 aliphatic rings. The highest BCUT2D eigenvalue weighted by atomic mass is 32.2. The zero-order valence-electron chi connectivity index (χ0n) is 20.4. The maximum Gasteiger partial charge on any atom is 0.242 e. The first-order valence-electron chi connectivity index (χ1n) is 11.3. The molecule has 34 heavy (non-hydrogen) atoms. The molecule has 2 aromatic carbocycles. The van der Waals surface area contributed by atoms with Crippen molar-refractivity contribution < 1.29 is 22.4 Å². The number of sulfonamides is 1. The van der Waals surface area contributed by atoms with Crippen molar-refractivity contribution in [2.45, 2.75) is 59.2 Å². The highest BCUT2D eigenvalue weighted by Gasteiger charge is 2.27. The third kappa shape index (κ3) is 7.83. The number of aryl methyl sites for hydroxylation is 1.